The van der Waals surface area contributed by atoms with Gasteiger partial charge in [-0.3, -0.25) is 0 Å². The largest absolute Gasteiger partial charge is 0.370 e. The molecule has 0 heterocycles. The lowest BCUT2D eigenvalue weighted by Gasteiger charge is -2.30. The van der Waals surface area contributed by atoms with Crippen LogP contribution in [0.3, 0.4) is 0 Å². The first-order chi connectivity index (χ1) is 5.12. The lowest BCUT2D eigenvalue weighted by Crippen LogP contribution is -2.31. The third-order valence-electron chi connectivity index (χ3n) is 0.612. The molecule has 0 bridgehead atoms. The van der Waals surface area contributed by atoms with E-state index in [1.165, 1.54) is 0 Å². The molecule has 0 aliphatic carbocycles. The lowest BCUT2D eigenvalue weighted by molar-refractivity contribution is -0.102. The topological polar surface area (TPSA) is 9.23 Å². The zero-order valence-corrected chi connectivity index (χ0v) is 9.69. The fourth-order valence-electron chi connectivity index (χ4n) is 0.919. The van der Waals surface area contributed by atoms with Crippen molar-refractivity contribution >= 4 is 0 Å². The maximum atomic E-state index is 5.62. The van der Waals surface area contributed by atoms with E-state index in [0.29, 0.717) is 0 Å². The molecule has 0 aromatic rings. The van der Waals surface area contributed by atoms with Crippen LogP contribution < -0.4 is 0 Å². The maximum absolute atomic E-state index is 5.62. The van der Waals surface area contributed by atoms with E-state index < -0.39 is 0 Å². The molecular weight excluding hydrogens is 148 g/mol. The summed E-state index contributed by atoms with van der Waals surface area (Å²) in [6.45, 7) is 17.7. The normalized spacial score (nSPS) is 11.6. The summed E-state index contributed by atoms with van der Waals surface area (Å²) in [7, 11) is 0. The third-order valence-corrected chi connectivity index (χ3v) is 0.612. The fourth-order valence-corrected chi connectivity index (χ4v) is 0.919. The summed E-state index contributed by atoms with van der Waals surface area (Å²) >= 11 is 0. The van der Waals surface area contributed by atoms with E-state index in [0.717, 1.165) is 0 Å². The molecule has 0 aliphatic heterocycles. The molecule has 1 nitrogen and oxygen atoms in total. The molecule has 0 unspecified atom stereocenters. The van der Waals surface area contributed by atoms with Gasteiger partial charge in [0.2, 0.25) is 0 Å². The summed E-state index contributed by atoms with van der Waals surface area (Å²) in [5, 5.41) is 0. The van der Waals surface area contributed by atoms with Crippen molar-refractivity contribution in [2.45, 2.75) is 59.7 Å². The molecule has 0 aromatic carbocycles. The van der Waals surface area contributed by atoms with E-state index in [1.807, 2.05) is 6.92 Å². The van der Waals surface area contributed by atoms with Crippen molar-refractivity contribution in [1.29, 1.82) is 0 Å². The molecule has 0 atom stereocenters. The Hall–Kier alpha value is -0.300. The molecule has 0 saturated carbocycles. The van der Waals surface area contributed by atoms with Gasteiger partial charge in [-0.2, -0.15) is 0 Å². The van der Waals surface area contributed by atoms with E-state index in [-0.39, 0.29) is 11.2 Å². The Balaban J connectivity index is 0. The summed E-state index contributed by atoms with van der Waals surface area (Å²) in [6.07, 6.45) is 1.75. The molecule has 0 spiro atoms. The SMILES string of the molecule is C=CC.CC(C)(C)OC(C)(C)C. The second-order valence-corrected chi connectivity index (χ2v) is 4.74. The Labute approximate surface area is 77.8 Å². The smallest absolute Gasteiger partial charge is 0.0605 e. The Kier molecular flexibility index (Phi) is 6.36. The van der Waals surface area contributed by atoms with Gasteiger partial charge in [-0.15, -0.1) is 6.58 Å². The fraction of sp³-hybridized carbons (Fsp3) is 0.818. The number of hydrogen-bond acceptors (Lipinski definition) is 1. The van der Waals surface area contributed by atoms with Gasteiger partial charge >= 0.3 is 0 Å². The van der Waals surface area contributed by atoms with Crippen LogP contribution in [0.15, 0.2) is 12.7 Å². The van der Waals surface area contributed by atoms with Crippen LogP contribution in [0.25, 0.3) is 0 Å². The van der Waals surface area contributed by atoms with Crippen LogP contribution in [-0.4, -0.2) is 11.2 Å². The van der Waals surface area contributed by atoms with Crippen LogP contribution in [0.5, 0.6) is 0 Å². The van der Waals surface area contributed by atoms with Gasteiger partial charge in [0.1, 0.15) is 0 Å². The lowest BCUT2D eigenvalue weighted by atomic mass is 10.1. The van der Waals surface area contributed by atoms with Crippen molar-refractivity contribution in [2.24, 2.45) is 0 Å². The minimum atomic E-state index is -0.0156. The predicted octanol–water partition coefficient (Wildman–Crippen LogP) is 3.79. The molecular formula is C11H24O. The van der Waals surface area contributed by atoms with Gasteiger partial charge in [0, 0.05) is 0 Å². The van der Waals surface area contributed by atoms with Crippen molar-refractivity contribution in [3.63, 3.8) is 0 Å². The highest BCUT2D eigenvalue weighted by atomic mass is 16.5. The van der Waals surface area contributed by atoms with Crippen molar-refractivity contribution in [2.75, 3.05) is 0 Å². The zero-order chi connectivity index (χ0) is 10.4. The van der Waals surface area contributed by atoms with Crippen molar-refractivity contribution in [1.82, 2.24) is 0 Å². The number of hydrogen-bond donors (Lipinski definition) is 0. The second kappa shape index (κ2) is 5.36. The molecule has 0 aliphatic rings. The van der Waals surface area contributed by atoms with Gasteiger partial charge < -0.3 is 4.74 Å². The molecule has 12 heavy (non-hydrogen) atoms. The number of rotatable bonds is 0. The highest BCUT2D eigenvalue weighted by Crippen LogP contribution is 2.17. The van der Waals surface area contributed by atoms with E-state index in [1.54, 1.807) is 6.08 Å². The van der Waals surface area contributed by atoms with Crippen molar-refractivity contribution in [3.05, 3.63) is 12.7 Å². The van der Waals surface area contributed by atoms with E-state index in [4.69, 9.17) is 4.74 Å². The van der Waals surface area contributed by atoms with E-state index in [9.17, 15) is 0 Å². The van der Waals surface area contributed by atoms with Crippen molar-refractivity contribution in [3.8, 4) is 0 Å². The molecule has 74 valence electrons. The Morgan fingerprint density at radius 3 is 1.08 bits per heavy atom. The first kappa shape index (κ1) is 14.2. The van der Waals surface area contributed by atoms with E-state index in [2.05, 4.69) is 48.1 Å². The molecule has 0 rings (SSSR count). The van der Waals surface area contributed by atoms with Crippen LogP contribution in [0.4, 0.5) is 0 Å². The average Bonchev–Trinajstić information content (AvgIpc) is 1.53. The van der Waals surface area contributed by atoms with Gasteiger partial charge in [0.05, 0.1) is 11.2 Å². The van der Waals surface area contributed by atoms with Gasteiger partial charge in [-0.25, -0.2) is 0 Å². The summed E-state index contributed by atoms with van der Waals surface area (Å²) in [4.78, 5) is 0. The second-order valence-electron chi connectivity index (χ2n) is 4.74. The van der Waals surface area contributed by atoms with E-state index >= 15 is 0 Å². The van der Waals surface area contributed by atoms with Crippen LogP contribution in [0.2, 0.25) is 0 Å². The Morgan fingerprint density at radius 2 is 1.08 bits per heavy atom. The van der Waals surface area contributed by atoms with Gasteiger partial charge in [0.25, 0.3) is 0 Å². The van der Waals surface area contributed by atoms with Crippen LogP contribution in [0.1, 0.15) is 48.5 Å². The number of ether oxygens (including phenoxy) is 1. The van der Waals surface area contributed by atoms with Gasteiger partial charge in [0.15, 0.2) is 0 Å². The minimum absolute atomic E-state index is 0.0156. The third kappa shape index (κ3) is 22.6. The highest BCUT2D eigenvalue weighted by molar-refractivity contribution is 4.68. The maximum Gasteiger partial charge on any atom is 0.0605 e. The van der Waals surface area contributed by atoms with Gasteiger partial charge in [-0.1, -0.05) is 6.08 Å². The molecule has 0 N–H and O–H groups in total. The Bertz CT molecular complexity index is 99.9. The molecule has 0 radical (unpaired) electrons. The van der Waals surface area contributed by atoms with Crippen LogP contribution in [0, 0.1) is 0 Å². The first-order valence-corrected chi connectivity index (χ1v) is 4.39. The van der Waals surface area contributed by atoms with Gasteiger partial charge in [-0.05, 0) is 48.5 Å². The predicted molar refractivity (Wildman–Crippen MR) is 56.5 cm³/mol. The minimum Gasteiger partial charge on any atom is -0.370 e. The quantitative estimate of drug-likeness (QED) is 0.505. The first-order valence-electron chi connectivity index (χ1n) is 4.39. The molecule has 0 saturated heterocycles. The highest BCUT2D eigenvalue weighted by Gasteiger charge is 2.19. The Morgan fingerprint density at radius 1 is 0.917 bits per heavy atom. The zero-order valence-electron chi connectivity index (χ0n) is 9.69. The van der Waals surface area contributed by atoms with Crippen molar-refractivity contribution < 1.29 is 4.74 Å². The molecule has 1 heteroatoms. The summed E-state index contributed by atoms with van der Waals surface area (Å²) in [6, 6.07) is 0. The van der Waals surface area contributed by atoms with Crippen LogP contribution in [-0.2, 0) is 4.74 Å². The monoisotopic (exact) mass is 172 g/mol. The summed E-state index contributed by atoms with van der Waals surface area (Å²) in [5.41, 5.74) is -0.0312. The standard InChI is InChI=1S/C8H18O.C3H6/c1-7(2,3)9-8(4,5)6;1-3-2/h1-6H3;3H,1H2,2H3. The molecule has 0 amide bonds. The molecule has 0 fully saturated rings. The summed E-state index contributed by atoms with van der Waals surface area (Å²) < 4.78 is 5.62. The van der Waals surface area contributed by atoms with Crippen LogP contribution >= 0.6 is 0 Å². The average molecular weight is 172 g/mol. The summed E-state index contributed by atoms with van der Waals surface area (Å²) in [5.74, 6) is 0. The molecule has 0 aromatic heterocycles. The number of allylic oxidation sites excluding steroid dienone is 1.